The van der Waals surface area contributed by atoms with E-state index in [1.54, 1.807) is 31.2 Å². The van der Waals surface area contributed by atoms with Gasteiger partial charge in [0.25, 0.3) is 5.91 Å². The van der Waals surface area contributed by atoms with Crippen LogP contribution in [-0.2, 0) is 4.79 Å². The number of anilines is 1. The molecule has 4 N–H and O–H groups in total. The van der Waals surface area contributed by atoms with Crippen molar-refractivity contribution in [2.24, 2.45) is 0 Å². The van der Waals surface area contributed by atoms with Gasteiger partial charge in [0, 0.05) is 11.3 Å². The molecular formula is C13H15N3O2. The van der Waals surface area contributed by atoms with E-state index in [1.807, 2.05) is 0 Å². The summed E-state index contributed by atoms with van der Waals surface area (Å²) >= 11 is 0. The molecule has 2 amide bonds. The number of nitrogen functional groups attached to an aromatic ring is 1. The molecule has 0 aliphatic heterocycles. The predicted octanol–water partition coefficient (Wildman–Crippen LogP) is 0.138. The van der Waals surface area contributed by atoms with Crippen molar-refractivity contribution >= 4 is 17.5 Å². The molecule has 94 valence electrons. The summed E-state index contributed by atoms with van der Waals surface area (Å²) in [6.45, 7) is 1.90. The van der Waals surface area contributed by atoms with Crippen LogP contribution in [0.25, 0.3) is 0 Å². The van der Waals surface area contributed by atoms with E-state index in [-0.39, 0.29) is 24.9 Å². The maximum absolute atomic E-state index is 11.6. The summed E-state index contributed by atoms with van der Waals surface area (Å²) in [5, 5.41) is 5.06. The molecule has 0 radical (unpaired) electrons. The maximum Gasteiger partial charge on any atom is 0.251 e. The largest absolute Gasteiger partial charge is 0.399 e. The number of carbonyl (C=O) groups is 2. The van der Waals surface area contributed by atoms with E-state index in [9.17, 15) is 9.59 Å². The molecule has 0 bridgehead atoms. The summed E-state index contributed by atoms with van der Waals surface area (Å²) in [5.74, 6) is 4.76. The van der Waals surface area contributed by atoms with Gasteiger partial charge < -0.3 is 16.4 Å². The summed E-state index contributed by atoms with van der Waals surface area (Å²) < 4.78 is 0. The van der Waals surface area contributed by atoms with E-state index in [4.69, 9.17) is 5.73 Å². The number of hydrogen-bond acceptors (Lipinski definition) is 3. The molecule has 0 saturated carbocycles. The first-order valence-corrected chi connectivity index (χ1v) is 5.43. The summed E-state index contributed by atoms with van der Waals surface area (Å²) in [6.07, 6.45) is 0. The fourth-order valence-corrected chi connectivity index (χ4v) is 1.19. The molecule has 5 nitrogen and oxygen atoms in total. The fraction of sp³-hybridized carbons (Fsp3) is 0.231. The lowest BCUT2D eigenvalue weighted by atomic mass is 10.2. The van der Waals surface area contributed by atoms with Gasteiger partial charge in [0.1, 0.15) is 0 Å². The Kier molecular flexibility index (Phi) is 5.26. The van der Waals surface area contributed by atoms with Crippen LogP contribution in [0.2, 0.25) is 0 Å². The first kappa shape index (κ1) is 13.6. The quantitative estimate of drug-likeness (QED) is 0.521. The van der Waals surface area contributed by atoms with E-state index < -0.39 is 0 Å². The Hall–Kier alpha value is -2.48. The second kappa shape index (κ2) is 6.97. The molecule has 0 aliphatic carbocycles. The van der Waals surface area contributed by atoms with Gasteiger partial charge in [0.05, 0.1) is 13.1 Å². The lowest BCUT2D eigenvalue weighted by Gasteiger charge is -2.05. The number of amides is 2. The topological polar surface area (TPSA) is 84.2 Å². The van der Waals surface area contributed by atoms with E-state index in [0.29, 0.717) is 11.3 Å². The van der Waals surface area contributed by atoms with Crippen molar-refractivity contribution in [3.63, 3.8) is 0 Å². The van der Waals surface area contributed by atoms with Gasteiger partial charge in [0.2, 0.25) is 5.91 Å². The molecule has 0 aromatic heterocycles. The Morgan fingerprint density at radius 3 is 2.50 bits per heavy atom. The summed E-state index contributed by atoms with van der Waals surface area (Å²) in [4.78, 5) is 22.9. The van der Waals surface area contributed by atoms with Gasteiger partial charge in [-0.2, -0.15) is 0 Å². The highest BCUT2D eigenvalue weighted by Gasteiger charge is 2.06. The van der Waals surface area contributed by atoms with Crippen LogP contribution in [-0.4, -0.2) is 24.9 Å². The van der Waals surface area contributed by atoms with Crippen LogP contribution < -0.4 is 16.4 Å². The zero-order chi connectivity index (χ0) is 13.4. The zero-order valence-corrected chi connectivity index (χ0v) is 10.1. The maximum atomic E-state index is 11.6. The third-order valence-electron chi connectivity index (χ3n) is 2.13. The average Bonchev–Trinajstić information content (AvgIpc) is 2.37. The minimum Gasteiger partial charge on any atom is -0.399 e. The molecule has 0 atom stereocenters. The second-order valence-electron chi connectivity index (χ2n) is 3.51. The first-order valence-electron chi connectivity index (χ1n) is 5.43. The van der Waals surface area contributed by atoms with Crippen molar-refractivity contribution in [3.8, 4) is 11.8 Å². The minimum atomic E-state index is -0.313. The Morgan fingerprint density at radius 1 is 1.22 bits per heavy atom. The molecule has 1 rings (SSSR count). The monoisotopic (exact) mass is 245 g/mol. The predicted molar refractivity (Wildman–Crippen MR) is 69.6 cm³/mol. The molecule has 1 aromatic carbocycles. The molecule has 0 fully saturated rings. The molecule has 0 saturated heterocycles. The first-order chi connectivity index (χ1) is 8.63. The van der Waals surface area contributed by atoms with Crippen molar-refractivity contribution in [1.29, 1.82) is 0 Å². The molecular weight excluding hydrogens is 230 g/mol. The summed E-state index contributed by atoms with van der Waals surface area (Å²) in [7, 11) is 0. The van der Waals surface area contributed by atoms with Crippen LogP contribution in [0, 0.1) is 11.8 Å². The third-order valence-corrected chi connectivity index (χ3v) is 2.13. The van der Waals surface area contributed by atoms with Crippen LogP contribution in [0.3, 0.4) is 0 Å². The minimum absolute atomic E-state index is 0.0748. The van der Waals surface area contributed by atoms with Gasteiger partial charge in [-0.25, -0.2) is 0 Å². The Labute approximate surface area is 106 Å². The van der Waals surface area contributed by atoms with Crippen LogP contribution >= 0.6 is 0 Å². The number of nitrogens with two attached hydrogens (primary N) is 1. The Bertz CT molecular complexity index is 483. The van der Waals surface area contributed by atoms with Gasteiger partial charge in [-0.05, 0) is 31.2 Å². The average molecular weight is 245 g/mol. The molecule has 0 spiro atoms. The van der Waals surface area contributed by atoms with Crippen LogP contribution in [0.4, 0.5) is 5.69 Å². The number of carbonyl (C=O) groups excluding carboxylic acids is 2. The van der Waals surface area contributed by atoms with Gasteiger partial charge in [-0.3, -0.25) is 9.59 Å². The third kappa shape index (κ3) is 4.58. The molecule has 5 heteroatoms. The smallest absolute Gasteiger partial charge is 0.251 e. The fourth-order valence-electron chi connectivity index (χ4n) is 1.19. The van der Waals surface area contributed by atoms with E-state index in [2.05, 4.69) is 22.5 Å². The highest BCUT2D eigenvalue weighted by molar-refractivity contribution is 5.96. The highest BCUT2D eigenvalue weighted by atomic mass is 16.2. The molecule has 18 heavy (non-hydrogen) atoms. The number of hydrogen-bond donors (Lipinski definition) is 3. The van der Waals surface area contributed by atoms with Crippen molar-refractivity contribution < 1.29 is 9.59 Å². The molecule has 0 unspecified atom stereocenters. The molecule has 0 heterocycles. The van der Waals surface area contributed by atoms with Gasteiger partial charge in [0.15, 0.2) is 0 Å². The highest BCUT2D eigenvalue weighted by Crippen LogP contribution is 2.04. The number of rotatable bonds is 4. The van der Waals surface area contributed by atoms with E-state index in [1.165, 1.54) is 0 Å². The van der Waals surface area contributed by atoms with Gasteiger partial charge in [-0.15, -0.1) is 5.92 Å². The summed E-state index contributed by atoms with van der Waals surface area (Å²) in [5.41, 5.74) is 6.56. The van der Waals surface area contributed by atoms with E-state index in [0.717, 1.165) is 0 Å². The number of benzene rings is 1. The standard InChI is InChI=1S/C13H15N3O2/c1-2-3-8-15-12(17)9-16-13(18)10-4-6-11(14)7-5-10/h4-7H,8-9,14H2,1H3,(H,15,17)(H,16,18). The molecule has 0 aliphatic rings. The Balaban J connectivity index is 2.38. The van der Waals surface area contributed by atoms with Gasteiger partial charge in [-0.1, -0.05) is 5.92 Å². The van der Waals surface area contributed by atoms with Crippen molar-refractivity contribution in [3.05, 3.63) is 29.8 Å². The Morgan fingerprint density at radius 2 is 1.89 bits per heavy atom. The number of nitrogens with one attached hydrogen (secondary N) is 2. The molecule has 1 aromatic rings. The van der Waals surface area contributed by atoms with Gasteiger partial charge >= 0.3 is 0 Å². The normalized spacial score (nSPS) is 8.94. The van der Waals surface area contributed by atoms with Crippen molar-refractivity contribution in [2.75, 3.05) is 18.8 Å². The van der Waals surface area contributed by atoms with Crippen molar-refractivity contribution in [2.45, 2.75) is 6.92 Å². The summed E-state index contributed by atoms with van der Waals surface area (Å²) in [6, 6.07) is 6.47. The second-order valence-corrected chi connectivity index (χ2v) is 3.51. The lowest BCUT2D eigenvalue weighted by molar-refractivity contribution is -0.119. The zero-order valence-electron chi connectivity index (χ0n) is 10.1. The van der Waals surface area contributed by atoms with Crippen molar-refractivity contribution in [1.82, 2.24) is 10.6 Å². The lowest BCUT2D eigenvalue weighted by Crippen LogP contribution is -2.37. The SMILES string of the molecule is CC#CCNC(=O)CNC(=O)c1ccc(N)cc1. The van der Waals surface area contributed by atoms with Crippen LogP contribution in [0.5, 0.6) is 0 Å². The van der Waals surface area contributed by atoms with Crippen LogP contribution in [0.15, 0.2) is 24.3 Å². The van der Waals surface area contributed by atoms with E-state index >= 15 is 0 Å². The van der Waals surface area contributed by atoms with Crippen LogP contribution in [0.1, 0.15) is 17.3 Å².